The van der Waals surface area contributed by atoms with Crippen LogP contribution in [0.1, 0.15) is 73.1 Å². The Morgan fingerprint density at radius 1 is 1.19 bits per heavy atom. The molecule has 1 saturated carbocycles. The van der Waals surface area contributed by atoms with Crippen molar-refractivity contribution in [1.29, 1.82) is 0 Å². The smallest absolute Gasteiger partial charge is 0.325 e. The van der Waals surface area contributed by atoms with Crippen molar-refractivity contribution in [3.8, 4) is 0 Å². The molecule has 8 nitrogen and oxygen atoms in total. The summed E-state index contributed by atoms with van der Waals surface area (Å²) in [6.45, 7) is 13.9. The van der Waals surface area contributed by atoms with Gasteiger partial charge in [-0.25, -0.2) is 4.79 Å². The Morgan fingerprint density at radius 3 is 2.41 bits per heavy atom. The minimum absolute atomic E-state index is 0.206. The minimum atomic E-state index is -0.818. The van der Waals surface area contributed by atoms with Crippen LogP contribution in [0, 0.1) is 11.3 Å². The first kappa shape index (κ1) is 25.0. The van der Waals surface area contributed by atoms with Crippen LogP contribution in [0.3, 0.4) is 0 Å². The second kappa shape index (κ2) is 10.1. The molecule has 2 aliphatic heterocycles. The Labute approximate surface area is 192 Å². The number of amides is 4. The van der Waals surface area contributed by atoms with Gasteiger partial charge in [0, 0.05) is 26.2 Å². The first-order valence-electron chi connectivity index (χ1n) is 12.3. The number of hydrogen-bond donors (Lipinski definition) is 2. The van der Waals surface area contributed by atoms with E-state index in [1.54, 1.807) is 0 Å². The first-order valence-corrected chi connectivity index (χ1v) is 12.3. The molecule has 1 spiro atoms. The fourth-order valence-electron chi connectivity index (χ4n) is 5.54. The maximum absolute atomic E-state index is 13.1. The fraction of sp³-hybridized carbons (Fsp3) is 0.875. The molecule has 0 aromatic rings. The average molecular weight is 451 g/mol. The number of rotatable bonds is 8. The third-order valence-electron chi connectivity index (χ3n) is 7.87. The summed E-state index contributed by atoms with van der Waals surface area (Å²) in [5.41, 5.74) is -0.578. The molecular formula is C24H42N4O4. The standard InChI is InChI=1S/C24H42N4O4/c1-6-23(4,5)19-8-10-24(11-9-19)21(30)28(22(31)26-24)16-20(29)25-12-7-13-27-14-17(2)32-18(3)15-27/h17-19H,6-16H2,1-5H3,(H,25,29)(H,26,31). The molecule has 182 valence electrons. The number of ether oxygens (including phenoxy) is 1. The van der Waals surface area contributed by atoms with Crippen LogP contribution in [0.2, 0.25) is 0 Å². The van der Waals surface area contributed by atoms with E-state index in [0.29, 0.717) is 25.3 Å². The van der Waals surface area contributed by atoms with Gasteiger partial charge in [-0.3, -0.25) is 19.4 Å². The molecular weight excluding hydrogens is 408 g/mol. The molecule has 0 radical (unpaired) electrons. The summed E-state index contributed by atoms with van der Waals surface area (Å²) >= 11 is 0. The van der Waals surface area contributed by atoms with E-state index in [2.05, 4.69) is 50.2 Å². The number of morpholine rings is 1. The van der Waals surface area contributed by atoms with Crippen LogP contribution in [-0.4, -0.2) is 78.1 Å². The van der Waals surface area contributed by atoms with Gasteiger partial charge in [0.15, 0.2) is 0 Å². The Balaban J connectivity index is 1.43. The van der Waals surface area contributed by atoms with Crippen LogP contribution in [0.5, 0.6) is 0 Å². The zero-order chi connectivity index (χ0) is 23.5. The van der Waals surface area contributed by atoms with E-state index < -0.39 is 11.6 Å². The monoisotopic (exact) mass is 450 g/mol. The highest BCUT2D eigenvalue weighted by Gasteiger charge is 2.53. The highest BCUT2D eigenvalue weighted by Crippen LogP contribution is 2.45. The van der Waals surface area contributed by atoms with Crippen LogP contribution in [-0.2, 0) is 14.3 Å². The quantitative estimate of drug-likeness (QED) is 0.438. The van der Waals surface area contributed by atoms with E-state index in [4.69, 9.17) is 4.74 Å². The molecule has 1 aliphatic carbocycles. The van der Waals surface area contributed by atoms with Gasteiger partial charge < -0.3 is 15.4 Å². The molecule has 3 rings (SSSR count). The third-order valence-corrected chi connectivity index (χ3v) is 7.87. The number of nitrogens with one attached hydrogen (secondary N) is 2. The molecule has 32 heavy (non-hydrogen) atoms. The molecule has 2 atom stereocenters. The number of urea groups is 1. The topological polar surface area (TPSA) is 91.0 Å². The lowest BCUT2D eigenvalue weighted by Gasteiger charge is -2.42. The van der Waals surface area contributed by atoms with Crippen molar-refractivity contribution in [2.75, 3.05) is 32.7 Å². The molecule has 2 heterocycles. The van der Waals surface area contributed by atoms with E-state index in [1.165, 1.54) is 0 Å². The fourth-order valence-corrected chi connectivity index (χ4v) is 5.54. The van der Waals surface area contributed by atoms with Gasteiger partial charge in [0.25, 0.3) is 5.91 Å². The van der Waals surface area contributed by atoms with E-state index in [9.17, 15) is 14.4 Å². The normalized spacial score (nSPS) is 31.8. The summed E-state index contributed by atoms with van der Waals surface area (Å²) in [6, 6.07) is -0.436. The second-order valence-corrected chi connectivity index (χ2v) is 10.7. The van der Waals surface area contributed by atoms with Crippen molar-refractivity contribution in [3.63, 3.8) is 0 Å². The Bertz CT molecular complexity index is 692. The van der Waals surface area contributed by atoms with Crippen LogP contribution in [0.15, 0.2) is 0 Å². The van der Waals surface area contributed by atoms with Gasteiger partial charge in [-0.2, -0.15) is 0 Å². The number of nitrogens with zero attached hydrogens (tertiary/aromatic N) is 2. The van der Waals surface area contributed by atoms with Gasteiger partial charge in [-0.05, 0) is 57.3 Å². The van der Waals surface area contributed by atoms with E-state index in [0.717, 1.165) is 50.2 Å². The maximum atomic E-state index is 13.1. The van der Waals surface area contributed by atoms with E-state index in [1.807, 2.05) is 0 Å². The largest absolute Gasteiger partial charge is 0.373 e. The summed E-state index contributed by atoms with van der Waals surface area (Å²) < 4.78 is 5.74. The third kappa shape index (κ3) is 5.63. The Morgan fingerprint density at radius 2 is 1.81 bits per heavy atom. The van der Waals surface area contributed by atoms with Gasteiger partial charge in [0.05, 0.1) is 12.2 Å². The Kier molecular flexibility index (Phi) is 7.86. The molecule has 0 bridgehead atoms. The zero-order valence-corrected chi connectivity index (χ0v) is 20.5. The molecule has 2 saturated heterocycles. The molecule has 0 aromatic carbocycles. The summed E-state index contributed by atoms with van der Waals surface area (Å²) in [4.78, 5) is 41.5. The van der Waals surface area contributed by atoms with Gasteiger partial charge in [-0.15, -0.1) is 0 Å². The van der Waals surface area contributed by atoms with Crippen LogP contribution in [0.25, 0.3) is 0 Å². The maximum Gasteiger partial charge on any atom is 0.325 e. The van der Waals surface area contributed by atoms with E-state index in [-0.39, 0.29) is 36.0 Å². The predicted molar refractivity (Wildman–Crippen MR) is 123 cm³/mol. The molecule has 2 N–H and O–H groups in total. The SMILES string of the molecule is CCC(C)(C)C1CCC2(CC1)NC(=O)N(CC(=O)NCCCN1CC(C)OC(C)C1)C2=O. The average Bonchev–Trinajstić information content (AvgIpc) is 2.95. The predicted octanol–water partition coefficient (Wildman–Crippen LogP) is 2.52. The molecule has 3 fully saturated rings. The van der Waals surface area contributed by atoms with Crippen LogP contribution >= 0.6 is 0 Å². The number of carbonyl (C=O) groups is 3. The summed E-state index contributed by atoms with van der Waals surface area (Å²) in [7, 11) is 0. The minimum Gasteiger partial charge on any atom is -0.373 e. The lowest BCUT2D eigenvalue weighted by atomic mass is 9.65. The van der Waals surface area contributed by atoms with Gasteiger partial charge >= 0.3 is 6.03 Å². The first-order chi connectivity index (χ1) is 15.1. The van der Waals surface area contributed by atoms with Crippen LogP contribution in [0.4, 0.5) is 4.79 Å². The number of carbonyl (C=O) groups excluding carboxylic acids is 3. The summed E-state index contributed by atoms with van der Waals surface area (Å²) in [5, 5.41) is 5.79. The van der Waals surface area contributed by atoms with Gasteiger partial charge in [0.1, 0.15) is 12.1 Å². The van der Waals surface area contributed by atoms with Crippen molar-refractivity contribution in [3.05, 3.63) is 0 Å². The Hall–Kier alpha value is -1.67. The summed E-state index contributed by atoms with van der Waals surface area (Å²) in [5.74, 6) is 0.0365. The lowest BCUT2D eigenvalue weighted by molar-refractivity contribution is -0.136. The van der Waals surface area contributed by atoms with Crippen molar-refractivity contribution < 1.29 is 19.1 Å². The second-order valence-electron chi connectivity index (χ2n) is 10.7. The molecule has 4 amide bonds. The highest BCUT2D eigenvalue weighted by atomic mass is 16.5. The molecule has 8 heteroatoms. The van der Waals surface area contributed by atoms with Crippen molar-refractivity contribution in [2.24, 2.45) is 11.3 Å². The van der Waals surface area contributed by atoms with Crippen molar-refractivity contribution in [2.45, 2.75) is 90.9 Å². The molecule has 2 unspecified atom stereocenters. The highest BCUT2D eigenvalue weighted by molar-refractivity contribution is 6.09. The van der Waals surface area contributed by atoms with Crippen molar-refractivity contribution in [1.82, 2.24) is 20.4 Å². The lowest BCUT2D eigenvalue weighted by Crippen LogP contribution is -2.51. The van der Waals surface area contributed by atoms with E-state index >= 15 is 0 Å². The van der Waals surface area contributed by atoms with Crippen molar-refractivity contribution >= 4 is 17.8 Å². The zero-order valence-electron chi connectivity index (χ0n) is 20.5. The summed E-state index contributed by atoms with van der Waals surface area (Å²) in [6.07, 6.45) is 5.52. The molecule has 3 aliphatic rings. The molecule has 0 aromatic heterocycles. The van der Waals surface area contributed by atoms with Gasteiger partial charge in [-0.1, -0.05) is 27.2 Å². The number of hydrogen-bond acceptors (Lipinski definition) is 5. The number of imide groups is 1. The van der Waals surface area contributed by atoms with Crippen LogP contribution < -0.4 is 10.6 Å². The van der Waals surface area contributed by atoms with Gasteiger partial charge in [0.2, 0.25) is 5.91 Å².